The number of nitrogens with one attached hydrogen (secondary N) is 2. The molecule has 0 saturated heterocycles. The van der Waals surface area contributed by atoms with Gasteiger partial charge in [-0.15, -0.1) is 0 Å². The zero-order valence-electron chi connectivity index (χ0n) is 8.62. The summed E-state index contributed by atoms with van der Waals surface area (Å²) in [6, 6.07) is 5.91. The number of hydrogen-bond donors (Lipinski definition) is 3. The molecule has 78 valence electrons. The second-order valence-electron chi connectivity index (χ2n) is 3.52. The van der Waals surface area contributed by atoms with Gasteiger partial charge in [0.05, 0.1) is 6.54 Å². The molecule has 0 aliphatic rings. The van der Waals surface area contributed by atoms with Crippen LogP contribution in [0.5, 0.6) is 0 Å². The molecule has 0 aliphatic heterocycles. The van der Waals surface area contributed by atoms with Crippen molar-refractivity contribution in [3.63, 3.8) is 0 Å². The number of hydrogen-bond acceptors (Lipinski definition) is 3. The Balaban J connectivity index is 2.05. The second kappa shape index (κ2) is 4.04. The highest BCUT2D eigenvalue weighted by Crippen LogP contribution is 2.16. The highest BCUT2D eigenvalue weighted by Gasteiger charge is 1.97. The van der Waals surface area contributed by atoms with Crippen molar-refractivity contribution in [2.24, 2.45) is 0 Å². The quantitative estimate of drug-likeness (QED) is 0.666. The first-order chi connectivity index (χ1) is 7.24. The summed E-state index contributed by atoms with van der Waals surface area (Å²) in [5.74, 6) is 0.912. The van der Waals surface area contributed by atoms with Crippen LogP contribution in [0.3, 0.4) is 0 Å². The average Bonchev–Trinajstić information content (AvgIpc) is 2.65. The predicted molar refractivity (Wildman–Crippen MR) is 61.5 cm³/mol. The minimum Gasteiger partial charge on any atom is -0.399 e. The Morgan fingerprint density at radius 2 is 2.27 bits per heavy atom. The van der Waals surface area contributed by atoms with Crippen molar-refractivity contribution in [2.75, 3.05) is 11.1 Å². The monoisotopic (exact) mass is 202 g/mol. The van der Waals surface area contributed by atoms with E-state index in [0.29, 0.717) is 6.54 Å². The number of aryl methyl sites for hydroxylation is 1. The number of imidazole rings is 1. The minimum absolute atomic E-state index is 0.676. The summed E-state index contributed by atoms with van der Waals surface area (Å²) in [7, 11) is 0. The molecule has 0 atom stereocenters. The van der Waals surface area contributed by atoms with Gasteiger partial charge in [-0.2, -0.15) is 0 Å². The number of nitrogen functional groups attached to an aromatic ring is 1. The molecule has 2 rings (SSSR count). The Bertz CT molecular complexity index is 414. The Morgan fingerprint density at radius 1 is 1.40 bits per heavy atom. The van der Waals surface area contributed by atoms with Gasteiger partial charge in [-0.3, -0.25) is 0 Å². The van der Waals surface area contributed by atoms with E-state index in [1.165, 1.54) is 0 Å². The Kier molecular flexibility index (Phi) is 2.58. The molecule has 0 bridgehead atoms. The van der Waals surface area contributed by atoms with E-state index in [2.05, 4.69) is 21.4 Å². The molecule has 1 aromatic carbocycles. The maximum absolute atomic E-state index is 5.74. The third-order valence-corrected chi connectivity index (χ3v) is 2.11. The molecule has 0 spiro atoms. The molecule has 1 heterocycles. The van der Waals surface area contributed by atoms with E-state index in [4.69, 9.17) is 5.73 Å². The maximum Gasteiger partial charge on any atom is 0.125 e. The first-order valence-corrected chi connectivity index (χ1v) is 4.83. The zero-order valence-corrected chi connectivity index (χ0v) is 8.62. The molecule has 0 saturated carbocycles. The molecule has 0 radical (unpaired) electrons. The Labute approximate surface area is 88.5 Å². The maximum atomic E-state index is 5.74. The van der Waals surface area contributed by atoms with E-state index in [-0.39, 0.29) is 0 Å². The largest absolute Gasteiger partial charge is 0.399 e. The molecule has 0 unspecified atom stereocenters. The number of aromatic amines is 1. The molecule has 2 aromatic rings. The van der Waals surface area contributed by atoms with Gasteiger partial charge in [0.2, 0.25) is 0 Å². The fourth-order valence-electron chi connectivity index (χ4n) is 1.50. The Morgan fingerprint density at radius 3 is 2.93 bits per heavy atom. The van der Waals surface area contributed by atoms with Crippen LogP contribution in [-0.4, -0.2) is 9.97 Å². The van der Waals surface area contributed by atoms with Gasteiger partial charge >= 0.3 is 0 Å². The van der Waals surface area contributed by atoms with Gasteiger partial charge in [-0.1, -0.05) is 0 Å². The number of benzene rings is 1. The summed E-state index contributed by atoms with van der Waals surface area (Å²) in [4.78, 5) is 7.16. The van der Waals surface area contributed by atoms with Crippen molar-refractivity contribution in [3.05, 3.63) is 42.0 Å². The third kappa shape index (κ3) is 2.49. The van der Waals surface area contributed by atoms with Crippen LogP contribution in [0.25, 0.3) is 0 Å². The highest BCUT2D eigenvalue weighted by atomic mass is 15.0. The van der Waals surface area contributed by atoms with Crippen LogP contribution in [0.4, 0.5) is 11.4 Å². The van der Waals surface area contributed by atoms with Crippen molar-refractivity contribution < 1.29 is 0 Å². The summed E-state index contributed by atoms with van der Waals surface area (Å²) in [6.07, 6.45) is 3.54. The summed E-state index contributed by atoms with van der Waals surface area (Å²) in [5, 5.41) is 3.25. The van der Waals surface area contributed by atoms with Gasteiger partial charge in [0, 0.05) is 23.8 Å². The number of anilines is 2. The van der Waals surface area contributed by atoms with Crippen molar-refractivity contribution in [1.29, 1.82) is 0 Å². The van der Waals surface area contributed by atoms with Crippen molar-refractivity contribution in [1.82, 2.24) is 9.97 Å². The van der Waals surface area contributed by atoms with Crippen LogP contribution in [0.15, 0.2) is 30.6 Å². The first-order valence-electron chi connectivity index (χ1n) is 4.83. The van der Waals surface area contributed by atoms with Crippen LogP contribution in [0.1, 0.15) is 11.4 Å². The molecule has 0 amide bonds. The van der Waals surface area contributed by atoms with Gasteiger partial charge in [-0.05, 0) is 30.7 Å². The normalized spacial score (nSPS) is 10.2. The number of nitrogens with two attached hydrogens (primary N) is 1. The number of rotatable bonds is 3. The SMILES string of the molecule is Cc1cc(N)cc(NCc2ncc[nH]2)c1. The fourth-order valence-corrected chi connectivity index (χ4v) is 1.50. The van der Waals surface area contributed by atoms with Gasteiger partial charge < -0.3 is 16.0 Å². The lowest BCUT2D eigenvalue weighted by Gasteiger charge is -2.06. The summed E-state index contributed by atoms with van der Waals surface area (Å²) in [6.45, 7) is 2.70. The van der Waals surface area contributed by atoms with Crippen LogP contribution in [-0.2, 0) is 6.54 Å². The van der Waals surface area contributed by atoms with Crippen LogP contribution < -0.4 is 11.1 Å². The van der Waals surface area contributed by atoms with E-state index in [0.717, 1.165) is 22.8 Å². The van der Waals surface area contributed by atoms with E-state index >= 15 is 0 Å². The zero-order chi connectivity index (χ0) is 10.7. The second-order valence-corrected chi connectivity index (χ2v) is 3.52. The third-order valence-electron chi connectivity index (χ3n) is 2.11. The summed E-state index contributed by atoms with van der Waals surface area (Å²) in [5.41, 5.74) is 8.69. The molecule has 15 heavy (non-hydrogen) atoms. The van der Waals surface area contributed by atoms with Gasteiger partial charge in [0.15, 0.2) is 0 Å². The van der Waals surface area contributed by atoms with E-state index in [1.807, 2.05) is 25.3 Å². The molecule has 4 nitrogen and oxygen atoms in total. The predicted octanol–water partition coefficient (Wildman–Crippen LogP) is 1.91. The molecule has 1 aromatic heterocycles. The number of nitrogens with zero attached hydrogens (tertiary/aromatic N) is 1. The summed E-state index contributed by atoms with van der Waals surface area (Å²) >= 11 is 0. The van der Waals surface area contributed by atoms with Crippen LogP contribution >= 0.6 is 0 Å². The van der Waals surface area contributed by atoms with Gasteiger partial charge in [0.25, 0.3) is 0 Å². The molecular formula is C11H14N4. The number of aromatic nitrogens is 2. The van der Waals surface area contributed by atoms with Crippen molar-refractivity contribution >= 4 is 11.4 Å². The van der Waals surface area contributed by atoms with Crippen molar-refractivity contribution in [2.45, 2.75) is 13.5 Å². The summed E-state index contributed by atoms with van der Waals surface area (Å²) < 4.78 is 0. The highest BCUT2D eigenvalue weighted by molar-refractivity contribution is 5.56. The van der Waals surface area contributed by atoms with Crippen molar-refractivity contribution in [3.8, 4) is 0 Å². The van der Waals surface area contributed by atoms with E-state index < -0.39 is 0 Å². The standard InChI is InChI=1S/C11H14N4/c1-8-4-9(12)6-10(5-8)15-7-11-13-2-3-14-11/h2-6,15H,7,12H2,1H3,(H,13,14). The van der Waals surface area contributed by atoms with Crippen LogP contribution in [0, 0.1) is 6.92 Å². The molecule has 0 fully saturated rings. The fraction of sp³-hybridized carbons (Fsp3) is 0.182. The average molecular weight is 202 g/mol. The molecule has 4 N–H and O–H groups in total. The minimum atomic E-state index is 0.676. The van der Waals surface area contributed by atoms with Crippen LogP contribution in [0.2, 0.25) is 0 Å². The molecular weight excluding hydrogens is 188 g/mol. The lowest BCUT2D eigenvalue weighted by atomic mass is 10.2. The molecule has 4 heteroatoms. The van der Waals surface area contributed by atoms with E-state index in [9.17, 15) is 0 Å². The lowest BCUT2D eigenvalue weighted by Crippen LogP contribution is -2.02. The lowest BCUT2D eigenvalue weighted by molar-refractivity contribution is 1.000. The molecule has 0 aliphatic carbocycles. The smallest absolute Gasteiger partial charge is 0.125 e. The van der Waals surface area contributed by atoms with E-state index in [1.54, 1.807) is 6.20 Å². The number of H-pyrrole nitrogens is 1. The Hall–Kier alpha value is -1.97. The van der Waals surface area contributed by atoms with Gasteiger partial charge in [0.1, 0.15) is 5.82 Å². The first kappa shape index (κ1) is 9.58. The van der Waals surface area contributed by atoms with Gasteiger partial charge in [-0.25, -0.2) is 4.98 Å². The topological polar surface area (TPSA) is 66.7 Å².